The van der Waals surface area contributed by atoms with Gasteiger partial charge in [0, 0.05) is 28.6 Å². The van der Waals surface area contributed by atoms with Crippen LogP contribution in [-0.2, 0) is 16.1 Å². The molecule has 3 saturated heterocycles. The monoisotopic (exact) mass is 814 g/mol. The zero-order valence-corrected chi connectivity index (χ0v) is 33.9. The summed E-state index contributed by atoms with van der Waals surface area (Å²) in [4.78, 5) is 44.9. The van der Waals surface area contributed by atoms with Crippen LogP contribution in [0.4, 0.5) is 0 Å². The topological polar surface area (TPSA) is 132 Å². The van der Waals surface area contributed by atoms with E-state index in [1.165, 1.54) is 5.56 Å². The highest BCUT2D eigenvalue weighted by Gasteiger charge is 2.39. The van der Waals surface area contributed by atoms with Crippen LogP contribution in [0.15, 0.2) is 84.9 Å². The van der Waals surface area contributed by atoms with E-state index in [0.717, 1.165) is 109 Å². The number of piperidine rings is 3. The number of phenols is 2. The fraction of sp³-hybridized carbons (Fsp3) is 0.383. The maximum Gasteiger partial charge on any atom is 0.255 e. The summed E-state index contributed by atoms with van der Waals surface area (Å²) in [6.45, 7) is 7.70. The van der Waals surface area contributed by atoms with Gasteiger partial charge in [-0.1, -0.05) is 12.1 Å². The highest BCUT2D eigenvalue weighted by Crippen LogP contribution is 2.47. The zero-order chi connectivity index (χ0) is 40.5. The van der Waals surface area contributed by atoms with E-state index in [0.29, 0.717) is 42.7 Å². The molecule has 11 nitrogen and oxygen atoms in total. The molecule has 12 heteroatoms. The third kappa shape index (κ3) is 8.66. The van der Waals surface area contributed by atoms with Crippen molar-refractivity contribution in [2.45, 2.75) is 63.5 Å². The molecule has 0 saturated carbocycles. The Morgan fingerprint density at radius 1 is 0.746 bits per heavy atom. The molecule has 5 heterocycles. The van der Waals surface area contributed by atoms with Crippen LogP contribution in [0.5, 0.6) is 28.7 Å². The van der Waals surface area contributed by atoms with E-state index < -0.39 is 6.04 Å². The lowest BCUT2D eigenvalue weighted by Gasteiger charge is -2.34. The van der Waals surface area contributed by atoms with Crippen molar-refractivity contribution in [3.8, 4) is 39.2 Å². The minimum absolute atomic E-state index is 0.113. The van der Waals surface area contributed by atoms with E-state index in [1.807, 2.05) is 48.5 Å². The quantitative estimate of drug-likeness (QED) is 0.108. The third-order valence-electron chi connectivity index (χ3n) is 12.5. The number of rotatable bonds is 12. The molecule has 306 valence electrons. The average Bonchev–Trinajstić information content (AvgIpc) is 3.77. The van der Waals surface area contributed by atoms with Gasteiger partial charge in [-0.05, 0) is 179 Å². The van der Waals surface area contributed by atoms with Gasteiger partial charge in [0.2, 0.25) is 11.8 Å². The summed E-state index contributed by atoms with van der Waals surface area (Å²) >= 11 is 1.54. The number of fused-ring (bicyclic) bond motifs is 2. The molecule has 1 unspecified atom stereocenters. The number of hydrogen-bond acceptors (Lipinski definition) is 10. The summed E-state index contributed by atoms with van der Waals surface area (Å²) in [5, 5.41) is 23.2. The first-order valence-electron chi connectivity index (χ1n) is 20.9. The lowest BCUT2D eigenvalue weighted by molar-refractivity contribution is -0.136. The Morgan fingerprint density at radius 3 is 2.17 bits per heavy atom. The van der Waals surface area contributed by atoms with Gasteiger partial charge in [0.15, 0.2) is 5.75 Å². The number of nitrogens with zero attached hydrogens (tertiary/aromatic N) is 3. The van der Waals surface area contributed by atoms with Crippen molar-refractivity contribution >= 4 is 39.1 Å². The minimum atomic E-state index is -0.579. The molecule has 3 fully saturated rings. The smallest absolute Gasteiger partial charge is 0.255 e. The molecule has 1 atom stereocenters. The van der Waals surface area contributed by atoms with Crippen molar-refractivity contribution in [1.29, 1.82) is 0 Å². The second kappa shape index (κ2) is 17.0. The van der Waals surface area contributed by atoms with Crippen LogP contribution in [0, 0.1) is 5.92 Å². The predicted octanol–water partition coefficient (Wildman–Crippen LogP) is 7.89. The predicted molar refractivity (Wildman–Crippen MR) is 227 cm³/mol. The SMILES string of the molecule is O=C1CCC(N2Cc3cc(C4CCN(CCCN5CCC(COc6ccc(Oc7c(-c8ccc(O)cc8)sc8cc(O)ccc78)cc6)CC5)CC4)ccc3C2=O)C(=O)N1. The maximum absolute atomic E-state index is 13.1. The standard InChI is InChI=1S/C47H50N4O7S/c52-35-5-2-32(3-6-35)45-44(40-13-7-36(53)27-42(40)59-45)58-38-10-8-37(9-11-38)57-29-30-16-22-49(23-17-30)20-1-21-50-24-18-31(19-25-50)33-4-12-39-34(26-33)28-51(47(39)56)41-14-15-43(54)48-46(41)55/h2-13,26-27,30-31,41,52-53H,1,14-25,28-29H2,(H,48,54,55). The normalized spacial score (nSPS) is 19.6. The summed E-state index contributed by atoms with van der Waals surface area (Å²) in [5.41, 5.74) is 3.88. The number of hydrogen-bond donors (Lipinski definition) is 3. The molecular weight excluding hydrogens is 765 g/mol. The highest BCUT2D eigenvalue weighted by atomic mass is 32.1. The van der Waals surface area contributed by atoms with Crippen molar-refractivity contribution in [2.75, 3.05) is 45.9 Å². The van der Waals surface area contributed by atoms with Crippen LogP contribution >= 0.6 is 11.3 Å². The third-order valence-corrected chi connectivity index (χ3v) is 13.7. The Hall–Kier alpha value is -5.43. The average molecular weight is 815 g/mol. The summed E-state index contributed by atoms with van der Waals surface area (Å²) < 4.78 is 13.6. The molecule has 0 aliphatic carbocycles. The molecule has 0 bridgehead atoms. The fourth-order valence-corrected chi connectivity index (χ4v) is 10.3. The van der Waals surface area contributed by atoms with Crippen LogP contribution in [-0.4, -0.2) is 94.6 Å². The first kappa shape index (κ1) is 39.1. The van der Waals surface area contributed by atoms with Gasteiger partial charge in [-0.3, -0.25) is 19.7 Å². The molecule has 5 aromatic rings. The molecular formula is C47H50N4O7S. The Labute approximate surface area is 348 Å². The van der Waals surface area contributed by atoms with Gasteiger partial charge in [0.1, 0.15) is 29.0 Å². The number of carbonyl (C=O) groups is 3. The molecule has 3 N–H and O–H groups in total. The number of thiophene rings is 1. The number of nitrogens with one attached hydrogen (secondary N) is 1. The van der Waals surface area contributed by atoms with Gasteiger partial charge in [-0.2, -0.15) is 0 Å². The first-order valence-corrected chi connectivity index (χ1v) is 21.7. The van der Waals surface area contributed by atoms with Gasteiger partial charge in [-0.15, -0.1) is 11.3 Å². The van der Waals surface area contributed by atoms with E-state index in [9.17, 15) is 24.6 Å². The Balaban J connectivity index is 0.689. The molecule has 0 spiro atoms. The molecule has 4 aliphatic heterocycles. The van der Waals surface area contributed by atoms with E-state index >= 15 is 0 Å². The van der Waals surface area contributed by atoms with Crippen LogP contribution in [0.2, 0.25) is 0 Å². The van der Waals surface area contributed by atoms with Crippen LogP contribution in [0.1, 0.15) is 72.3 Å². The van der Waals surface area contributed by atoms with Crippen LogP contribution in [0.25, 0.3) is 20.5 Å². The van der Waals surface area contributed by atoms with Gasteiger partial charge >= 0.3 is 0 Å². The number of aromatic hydroxyl groups is 2. The summed E-state index contributed by atoms with van der Waals surface area (Å²) in [6, 6.07) is 25.8. The molecule has 4 aromatic carbocycles. The minimum Gasteiger partial charge on any atom is -0.508 e. The molecule has 4 aliphatic rings. The van der Waals surface area contributed by atoms with Gasteiger partial charge in [-0.25, -0.2) is 0 Å². The van der Waals surface area contributed by atoms with Crippen LogP contribution in [0.3, 0.4) is 0 Å². The number of carbonyl (C=O) groups excluding carboxylic acids is 3. The molecule has 3 amide bonds. The number of likely N-dealkylation sites (tertiary alicyclic amines) is 2. The summed E-state index contributed by atoms with van der Waals surface area (Å²) in [5.74, 6) is 2.90. The van der Waals surface area contributed by atoms with Crippen LogP contribution < -0.4 is 14.8 Å². The van der Waals surface area contributed by atoms with Crippen molar-refractivity contribution in [2.24, 2.45) is 5.92 Å². The molecule has 1 aromatic heterocycles. The van der Waals surface area contributed by atoms with Crippen molar-refractivity contribution < 1.29 is 34.1 Å². The van der Waals surface area contributed by atoms with Crippen molar-refractivity contribution in [3.63, 3.8) is 0 Å². The van der Waals surface area contributed by atoms with Crippen molar-refractivity contribution in [1.82, 2.24) is 20.0 Å². The van der Waals surface area contributed by atoms with Gasteiger partial charge in [0.25, 0.3) is 5.91 Å². The lowest BCUT2D eigenvalue weighted by atomic mass is 9.88. The number of amides is 3. The summed E-state index contributed by atoms with van der Waals surface area (Å²) in [7, 11) is 0. The molecule has 0 radical (unpaired) electrons. The number of phenolic OH excluding ortho intramolecular Hbond substituents is 2. The molecule has 9 rings (SSSR count). The summed E-state index contributed by atoms with van der Waals surface area (Å²) in [6.07, 6.45) is 6.28. The van der Waals surface area contributed by atoms with E-state index in [4.69, 9.17) is 9.47 Å². The number of ether oxygens (including phenoxy) is 2. The van der Waals surface area contributed by atoms with E-state index in [2.05, 4.69) is 27.2 Å². The van der Waals surface area contributed by atoms with E-state index in [1.54, 1.807) is 40.5 Å². The molecule has 59 heavy (non-hydrogen) atoms. The van der Waals surface area contributed by atoms with Gasteiger partial charge < -0.3 is 34.4 Å². The van der Waals surface area contributed by atoms with Crippen molar-refractivity contribution in [3.05, 3.63) is 102 Å². The second-order valence-electron chi connectivity index (χ2n) is 16.4. The first-order chi connectivity index (χ1) is 28.7. The number of imide groups is 1. The highest BCUT2D eigenvalue weighted by molar-refractivity contribution is 7.22. The Bertz CT molecular complexity index is 2330. The fourth-order valence-electron chi connectivity index (χ4n) is 9.13. The van der Waals surface area contributed by atoms with E-state index in [-0.39, 0.29) is 35.6 Å². The maximum atomic E-state index is 13.1. The second-order valence-corrected chi connectivity index (χ2v) is 17.5. The van der Waals surface area contributed by atoms with Gasteiger partial charge in [0.05, 0.1) is 11.5 Å². The number of benzene rings is 4. The zero-order valence-electron chi connectivity index (χ0n) is 33.1. The lowest BCUT2D eigenvalue weighted by Crippen LogP contribution is -2.52. The largest absolute Gasteiger partial charge is 0.508 e. The Morgan fingerprint density at radius 2 is 1.44 bits per heavy atom. The Kier molecular flexibility index (Phi) is 11.3.